The molecule has 3 N–H and O–H groups in total. The maximum absolute atomic E-state index is 12.9. The van der Waals surface area contributed by atoms with Crippen molar-refractivity contribution in [2.75, 3.05) is 18.5 Å². The SMILES string of the molecule is CCCCN(Cc1ccc(C(=O)NO)cc1)C(=O)Nc1ccc(OCCn2cc(C)nn2)cc1. The molecule has 0 bridgehead atoms. The lowest BCUT2D eigenvalue weighted by Crippen LogP contribution is -2.35. The van der Waals surface area contributed by atoms with E-state index in [1.165, 1.54) is 0 Å². The zero-order chi connectivity index (χ0) is 24.3. The smallest absolute Gasteiger partial charge is 0.322 e. The van der Waals surface area contributed by atoms with Gasteiger partial charge in [0.05, 0.1) is 12.2 Å². The minimum Gasteiger partial charge on any atom is -0.492 e. The number of aromatic nitrogens is 3. The molecular formula is C24H30N6O4. The Morgan fingerprint density at radius 2 is 1.85 bits per heavy atom. The second kappa shape index (κ2) is 12.4. The first-order chi connectivity index (χ1) is 16.5. The van der Waals surface area contributed by atoms with Gasteiger partial charge < -0.3 is 15.0 Å². The predicted octanol–water partition coefficient (Wildman–Crippen LogP) is 3.62. The van der Waals surface area contributed by atoms with Crippen LogP contribution in [0, 0.1) is 6.92 Å². The van der Waals surface area contributed by atoms with Crippen LogP contribution < -0.4 is 15.5 Å². The standard InChI is InChI=1S/C24H30N6O4/c1-3-4-13-29(17-19-5-7-20(8-6-19)23(31)27-33)24(32)25-21-9-11-22(12-10-21)34-15-14-30-16-18(2)26-28-30/h5-12,16,33H,3-4,13-15,17H2,1-2H3,(H,25,32)(H,27,31). The third kappa shape index (κ3) is 7.31. The highest BCUT2D eigenvalue weighted by atomic mass is 16.5. The Morgan fingerprint density at radius 1 is 1.12 bits per heavy atom. The van der Waals surface area contributed by atoms with Crippen molar-refractivity contribution in [1.29, 1.82) is 0 Å². The van der Waals surface area contributed by atoms with E-state index in [0.29, 0.717) is 43.2 Å². The second-order valence-electron chi connectivity index (χ2n) is 7.84. The van der Waals surface area contributed by atoms with Crippen LogP contribution in [0.15, 0.2) is 54.7 Å². The van der Waals surface area contributed by atoms with Gasteiger partial charge in [0.15, 0.2) is 0 Å². The van der Waals surface area contributed by atoms with Gasteiger partial charge >= 0.3 is 6.03 Å². The van der Waals surface area contributed by atoms with E-state index in [-0.39, 0.29) is 6.03 Å². The molecule has 3 amide bonds. The molecule has 34 heavy (non-hydrogen) atoms. The van der Waals surface area contributed by atoms with E-state index in [1.54, 1.807) is 51.5 Å². The molecular weight excluding hydrogens is 436 g/mol. The highest BCUT2D eigenvalue weighted by molar-refractivity contribution is 5.93. The summed E-state index contributed by atoms with van der Waals surface area (Å²) in [5, 5.41) is 19.6. The van der Waals surface area contributed by atoms with Crippen molar-refractivity contribution in [2.24, 2.45) is 0 Å². The summed E-state index contributed by atoms with van der Waals surface area (Å²) in [6, 6.07) is 13.8. The Bertz CT molecular complexity index is 1070. The Balaban J connectivity index is 1.55. The number of aryl methyl sites for hydroxylation is 1. The number of carbonyl (C=O) groups is 2. The van der Waals surface area contributed by atoms with Crippen LogP contribution in [0.4, 0.5) is 10.5 Å². The van der Waals surface area contributed by atoms with Gasteiger partial charge in [-0.2, -0.15) is 0 Å². The van der Waals surface area contributed by atoms with Crippen LogP contribution in [0.5, 0.6) is 5.75 Å². The first kappa shape index (κ1) is 24.7. The van der Waals surface area contributed by atoms with Crippen LogP contribution >= 0.6 is 0 Å². The summed E-state index contributed by atoms with van der Waals surface area (Å²) < 4.78 is 7.46. The number of hydrogen-bond donors (Lipinski definition) is 3. The lowest BCUT2D eigenvalue weighted by Gasteiger charge is -2.23. The molecule has 0 atom stereocenters. The monoisotopic (exact) mass is 466 g/mol. The molecule has 0 unspecified atom stereocenters. The molecule has 3 rings (SSSR count). The predicted molar refractivity (Wildman–Crippen MR) is 127 cm³/mol. The summed E-state index contributed by atoms with van der Waals surface area (Å²) in [4.78, 5) is 26.2. The first-order valence-electron chi connectivity index (χ1n) is 11.2. The fourth-order valence-electron chi connectivity index (χ4n) is 3.25. The number of unbranched alkanes of at least 4 members (excludes halogenated alkanes) is 1. The number of urea groups is 1. The van der Waals surface area contributed by atoms with E-state index >= 15 is 0 Å². The van der Waals surface area contributed by atoms with Gasteiger partial charge in [0, 0.05) is 30.5 Å². The Labute approximate surface area is 198 Å². The number of hydrogen-bond acceptors (Lipinski definition) is 6. The molecule has 2 aromatic carbocycles. The van der Waals surface area contributed by atoms with Crippen LogP contribution in [-0.2, 0) is 13.1 Å². The van der Waals surface area contributed by atoms with Crippen LogP contribution in [0.25, 0.3) is 0 Å². The van der Waals surface area contributed by atoms with Gasteiger partial charge in [0.1, 0.15) is 12.4 Å². The molecule has 10 nitrogen and oxygen atoms in total. The first-order valence-corrected chi connectivity index (χ1v) is 11.2. The van der Waals surface area contributed by atoms with Crippen molar-refractivity contribution in [1.82, 2.24) is 25.4 Å². The maximum atomic E-state index is 12.9. The Kier molecular flexibility index (Phi) is 8.98. The number of benzene rings is 2. The molecule has 0 aliphatic heterocycles. The quantitative estimate of drug-likeness (QED) is 0.293. The number of ether oxygens (including phenoxy) is 1. The number of anilines is 1. The van der Waals surface area contributed by atoms with Crippen molar-refractivity contribution < 1.29 is 19.5 Å². The number of carbonyl (C=O) groups excluding carboxylic acids is 2. The fraction of sp³-hybridized carbons (Fsp3) is 0.333. The lowest BCUT2D eigenvalue weighted by atomic mass is 10.1. The summed E-state index contributed by atoms with van der Waals surface area (Å²) in [6.07, 6.45) is 3.68. The summed E-state index contributed by atoms with van der Waals surface area (Å²) >= 11 is 0. The molecule has 0 spiro atoms. The second-order valence-corrected chi connectivity index (χ2v) is 7.84. The zero-order valence-electron chi connectivity index (χ0n) is 19.4. The number of amides is 3. The number of rotatable bonds is 11. The summed E-state index contributed by atoms with van der Waals surface area (Å²) in [7, 11) is 0. The van der Waals surface area contributed by atoms with Crippen LogP contribution in [0.2, 0.25) is 0 Å². The number of hydroxylamine groups is 1. The van der Waals surface area contributed by atoms with Gasteiger partial charge in [0.25, 0.3) is 5.91 Å². The number of nitrogens with one attached hydrogen (secondary N) is 2. The van der Waals surface area contributed by atoms with E-state index in [2.05, 4.69) is 22.6 Å². The van der Waals surface area contributed by atoms with Gasteiger partial charge in [0.2, 0.25) is 0 Å². The van der Waals surface area contributed by atoms with Crippen LogP contribution in [0.3, 0.4) is 0 Å². The highest BCUT2D eigenvalue weighted by Gasteiger charge is 2.14. The number of nitrogens with zero attached hydrogens (tertiary/aromatic N) is 4. The lowest BCUT2D eigenvalue weighted by molar-refractivity contribution is 0.0706. The molecule has 0 fully saturated rings. The van der Waals surface area contributed by atoms with E-state index in [1.807, 2.05) is 25.3 Å². The van der Waals surface area contributed by atoms with Gasteiger partial charge in [-0.1, -0.05) is 30.7 Å². The third-order valence-corrected chi connectivity index (χ3v) is 5.11. The topological polar surface area (TPSA) is 122 Å². The van der Waals surface area contributed by atoms with Crippen molar-refractivity contribution >= 4 is 17.6 Å². The van der Waals surface area contributed by atoms with Crippen molar-refractivity contribution in [3.05, 3.63) is 71.5 Å². The van der Waals surface area contributed by atoms with Crippen molar-refractivity contribution in [3.8, 4) is 5.75 Å². The fourth-order valence-corrected chi connectivity index (χ4v) is 3.25. The van der Waals surface area contributed by atoms with Crippen LogP contribution in [-0.4, -0.2) is 50.2 Å². The summed E-state index contributed by atoms with van der Waals surface area (Å²) in [5.74, 6) is 0.123. The average molecular weight is 467 g/mol. The van der Waals surface area contributed by atoms with Gasteiger partial charge in [-0.15, -0.1) is 5.10 Å². The minimum absolute atomic E-state index is 0.208. The minimum atomic E-state index is -0.576. The molecule has 1 aromatic heterocycles. The Hall–Kier alpha value is -3.92. The molecule has 0 saturated carbocycles. The summed E-state index contributed by atoms with van der Waals surface area (Å²) in [5.41, 5.74) is 4.36. The van der Waals surface area contributed by atoms with E-state index in [9.17, 15) is 9.59 Å². The van der Waals surface area contributed by atoms with E-state index < -0.39 is 5.91 Å². The molecule has 0 aliphatic carbocycles. The largest absolute Gasteiger partial charge is 0.492 e. The van der Waals surface area contributed by atoms with Gasteiger partial charge in [-0.3, -0.25) is 10.0 Å². The molecule has 0 radical (unpaired) electrons. The molecule has 10 heteroatoms. The van der Waals surface area contributed by atoms with Crippen molar-refractivity contribution in [2.45, 2.75) is 39.8 Å². The van der Waals surface area contributed by atoms with Crippen molar-refractivity contribution in [3.63, 3.8) is 0 Å². The van der Waals surface area contributed by atoms with E-state index in [4.69, 9.17) is 9.94 Å². The van der Waals surface area contributed by atoms with E-state index in [0.717, 1.165) is 24.1 Å². The highest BCUT2D eigenvalue weighted by Crippen LogP contribution is 2.17. The van der Waals surface area contributed by atoms with Crippen LogP contribution in [0.1, 0.15) is 41.4 Å². The third-order valence-electron chi connectivity index (χ3n) is 5.11. The summed E-state index contributed by atoms with van der Waals surface area (Å²) in [6.45, 7) is 6.01. The molecule has 1 heterocycles. The molecule has 3 aromatic rings. The molecule has 0 aliphatic rings. The normalized spacial score (nSPS) is 10.6. The molecule has 0 saturated heterocycles. The van der Waals surface area contributed by atoms with Gasteiger partial charge in [-0.25, -0.2) is 15.0 Å². The Morgan fingerprint density at radius 3 is 2.47 bits per heavy atom. The maximum Gasteiger partial charge on any atom is 0.322 e. The zero-order valence-corrected chi connectivity index (χ0v) is 19.4. The molecule has 180 valence electrons. The van der Waals surface area contributed by atoms with Gasteiger partial charge in [-0.05, 0) is 55.3 Å². The average Bonchev–Trinajstić information content (AvgIpc) is 3.27.